The van der Waals surface area contributed by atoms with Crippen LogP contribution in [0, 0.1) is 0 Å². The van der Waals surface area contributed by atoms with E-state index in [0.717, 1.165) is 0 Å². The van der Waals surface area contributed by atoms with Gasteiger partial charge in [-0.25, -0.2) is 9.78 Å². The molecule has 0 saturated carbocycles. The predicted molar refractivity (Wildman–Crippen MR) is 66.0 cm³/mol. The van der Waals surface area contributed by atoms with Gasteiger partial charge in [0.1, 0.15) is 0 Å². The molecule has 2 aromatic rings. The molecule has 2 heterocycles. The van der Waals surface area contributed by atoms with Gasteiger partial charge >= 0.3 is 6.03 Å². The number of aromatic nitrogens is 3. The van der Waals surface area contributed by atoms with Crippen LogP contribution in [0.4, 0.5) is 9.93 Å². The average molecular weight is 251 g/mol. The first-order valence-corrected chi connectivity index (χ1v) is 6.06. The SMILES string of the molecule is CC(Cn1cccn1)NC(=O)Nc1nccs1. The van der Waals surface area contributed by atoms with Gasteiger partial charge in [0.25, 0.3) is 0 Å². The molecule has 0 aliphatic rings. The van der Waals surface area contributed by atoms with Gasteiger partial charge in [0, 0.05) is 30.0 Å². The lowest BCUT2D eigenvalue weighted by Gasteiger charge is -2.13. The summed E-state index contributed by atoms with van der Waals surface area (Å²) in [6.07, 6.45) is 5.21. The molecule has 0 radical (unpaired) electrons. The third kappa shape index (κ3) is 3.56. The maximum atomic E-state index is 11.6. The number of carbonyl (C=O) groups is 1. The summed E-state index contributed by atoms with van der Waals surface area (Å²) in [5.74, 6) is 0. The second-order valence-electron chi connectivity index (χ2n) is 3.56. The zero-order valence-corrected chi connectivity index (χ0v) is 10.1. The fourth-order valence-corrected chi connectivity index (χ4v) is 1.90. The summed E-state index contributed by atoms with van der Waals surface area (Å²) in [6.45, 7) is 2.56. The second kappa shape index (κ2) is 5.44. The highest BCUT2D eigenvalue weighted by molar-refractivity contribution is 7.13. The monoisotopic (exact) mass is 251 g/mol. The van der Waals surface area contributed by atoms with Crippen LogP contribution in [0.3, 0.4) is 0 Å². The Balaban J connectivity index is 1.78. The summed E-state index contributed by atoms with van der Waals surface area (Å²) in [7, 11) is 0. The fourth-order valence-electron chi connectivity index (χ4n) is 1.38. The predicted octanol–water partition coefficient (Wildman–Crippen LogP) is 1.55. The number of hydrogen-bond donors (Lipinski definition) is 2. The number of carbonyl (C=O) groups excluding carboxylic acids is 1. The molecule has 1 atom stereocenters. The zero-order valence-electron chi connectivity index (χ0n) is 9.33. The van der Waals surface area contributed by atoms with Crippen molar-refractivity contribution in [1.29, 1.82) is 0 Å². The van der Waals surface area contributed by atoms with E-state index in [0.29, 0.717) is 11.7 Å². The van der Waals surface area contributed by atoms with Gasteiger partial charge in [0.2, 0.25) is 0 Å². The number of nitrogens with zero attached hydrogens (tertiary/aromatic N) is 3. The van der Waals surface area contributed by atoms with E-state index in [-0.39, 0.29) is 12.1 Å². The molecule has 17 heavy (non-hydrogen) atoms. The molecule has 0 fully saturated rings. The summed E-state index contributed by atoms with van der Waals surface area (Å²) >= 11 is 1.38. The first-order valence-electron chi connectivity index (χ1n) is 5.18. The normalized spacial score (nSPS) is 12.1. The minimum absolute atomic E-state index is 0.00476. The molecule has 0 bridgehead atoms. The molecule has 0 spiro atoms. The summed E-state index contributed by atoms with van der Waals surface area (Å²) < 4.78 is 1.77. The van der Waals surface area contributed by atoms with Crippen molar-refractivity contribution in [3.63, 3.8) is 0 Å². The molecule has 0 aromatic carbocycles. The number of urea groups is 1. The summed E-state index contributed by atoms with van der Waals surface area (Å²) in [5, 5.41) is 11.9. The number of amides is 2. The van der Waals surface area contributed by atoms with Crippen molar-refractivity contribution in [2.75, 3.05) is 5.32 Å². The van der Waals surface area contributed by atoms with Crippen molar-refractivity contribution in [2.24, 2.45) is 0 Å². The quantitative estimate of drug-likeness (QED) is 0.866. The molecule has 2 amide bonds. The van der Waals surface area contributed by atoms with Crippen LogP contribution in [0.15, 0.2) is 30.0 Å². The largest absolute Gasteiger partial charge is 0.333 e. The lowest BCUT2D eigenvalue weighted by Crippen LogP contribution is -2.38. The maximum absolute atomic E-state index is 11.6. The van der Waals surface area contributed by atoms with Gasteiger partial charge in [0.05, 0.1) is 6.54 Å². The van der Waals surface area contributed by atoms with Crippen LogP contribution in [0.5, 0.6) is 0 Å². The van der Waals surface area contributed by atoms with Gasteiger partial charge in [-0.1, -0.05) is 0 Å². The van der Waals surface area contributed by atoms with E-state index in [9.17, 15) is 4.79 Å². The van der Waals surface area contributed by atoms with Crippen LogP contribution in [-0.4, -0.2) is 26.8 Å². The Morgan fingerprint density at radius 3 is 3.12 bits per heavy atom. The van der Waals surface area contributed by atoms with Crippen LogP contribution in [0.1, 0.15) is 6.92 Å². The first kappa shape index (κ1) is 11.6. The van der Waals surface area contributed by atoms with Crippen LogP contribution < -0.4 is 10.6 Å². The van der Waals surface area contributed by atoms with E-state index in [2.05, 4.69) is 20.7 Å². The van der Waals surface area contributed by atoms with Gasteiger partial charge in [-0.3, -0.25) is 10.00 Å². The van der Waals surface area contributed by atoms with Gasteiger partial charge in [-0.05, 0) is 13.0 Å². The van der Waals surface area contributed by atoms with Crippen molar-refractivity contribution in [3.05, 3.63) is 30.0 Å². The van der Waals surface area contributed by atoms with E-state index in [1.165, 1.54) is 11.3 Å². The molecule has 6 nitrogen and oxygen atoms in total. The molecule has 2 N–H and O–H groups in total. The molecular formula is C10H13N5OS. The van der Waals surface area contributed by atoms with Crippen molar-refractivity contribution < 1.29 is 4.79 Å². The van der Waals surface area contributed by atoms with Crippen molar-refractivity contribution >= 4 is 22.5 Å². The molecule has 2 rings (SSSR count). The van der Waals surface area contributed by atoms with Crippen LogP contribution in [0.2, 0.25) is 0 Å². The third-order valence-corrected chi connectivity index (χ3v) is 2.74. The summed E-state index contributed by atoms with van der Waals surface area (Å²) in [4.78, 5) is 15.5. The fraction of sp³-hybridized carbons (Fsp3) is 0.300. The number of nitrogens with one attached hydrogen (secondary N) is 2. The Labute approximate surface area is 103 Å². The Morgan fingerprint density at radius 2 is 2.47 bits per heavy atom. The van der Waals surface area contributed by atoms with Crippen molar-refractivity contribution in [1.82, 2.24) is 20.1 Å². The highest BCUT2D eigenvalue weighted by Crippen LogP contribution is 2.09. The first-order chi connectivity index (χ1) is 8.24. The van der Waals surface area contributed by atoms with Crippen LogP contribution >= 0.6 is 11.3 Å². The molecule has 90 valence electrons. The van der Waals surface area contributed by atoms with Crippen LogP contribution in [0.25, 0.3) is 0 Å². The maximum Gasteiger partial charge on any atom is 0.321 e. The van der Waals surface area contributed by atoms with E-state index in [1.807, 2.05) is 24.6 Å². The molecule has 0 saturated heterocycles. The molecule has 7 heteroatoms. The number of anilines is 1. The highest BCUT2D eigenvalue weighted by atomic mass is 32.1. The number of hydrogen-bond acceptors (Lipinski definition) is 4. The molecule has 2 aromatic heterocycles. The molecular weight excluding hydrogens is 238 g/mol. The molecule has 1 unspecified atom stereocenters. The Hall–Kier alpha value is -1.89. The van der Waals surface area contributed by atoms with E-state index >= 15 is 0 Å². The van der Waals surface area contributed by atoms with Gasteiger partial charge in [0.15, 0.2) is 5.13 Å². The lowest BCUT2D eigenvalue weighted by atomic mass is 10.3. The van der Waals surface area contributed by atoms with E-state index < -0.39 is 0 Å². The smallest absolute Gasteiger partial charge is 0.321 e. The highest BCUT2D eigenvalue weighted by Gasteiger charge is 2.08. The summed E-state index contributed by atoms with van der Waals surface area (Å²) in [6, 6.07) is 1.59. The summed E-state index contributed by atoms with van der Waals surface area (Å²) in [5.41, 5.74) is 0. The zero-order chi connectivity index (χ0) is 12.1. The van der Waals surface area contributed by atoms with Crippen LogP contribution in [-0.2, 0) is 6.54 Å². The lowest BCUT2D eigenvalue weighted by molar-refractivity contribution is 0.247. The average Bonchev–Trinajstić information content (AvgIpc) is 2.90. The third-order valence-electron chi connectivity index (χ3n) is 2.05. The topological polar surface area (TPSA) is 71.8 Å². The van der Waals surface area contributed by atoms with E-state index in [4.69, 9.17) is 0 Å². The Kier molecular flexibility index (Phi) is 3.71. The second-order valence-corrected chi connectivity index (χ2v) is 4.46. The minimum atomic E-state index is -0.250. The van der Waals surface area contributed by atoms with Gasteiger partial charge in [-0.15, -0.1) is 11.3 Å². The van der Waals surface area contributed by atoms with Gasteiger partial charge < -0.3 is 5.32 Å². The minimum Gasteiger partial charge on any atom is -0.333 e. The number of thiazole rings is 1. The number of rotatable bonds is 4. The van der Waals surface area contributed by atoms with E-state index in [1.54, 1.807) is 17.1 Å². The Bertz CT molecular complexity index is 453. The molecule has 0 aliphatic carbocycles. The standard InChI is InChI=1S/C10H13N5OS/c1-8(7-15-5-2-3-12-15)13-9(16)14-10-11-4-6-17-10/h2-6,8H,7H2,1H3,(H2,11,13,14,16). The van der Waals surface area contributed by atoms with Crippen molar-refractivity contribution in [2.45, 2.75) is 19.5 Å². The Morgan fingerprint density at radius 1 is 1.59 bits per heavy atom. The molecule has 0 aliphatic heterocycles. The van der Waals surface area contributed by atoms with Gasteiger partial charge in [-0.2, -0.15) is 5.10 Å². The van der Waals surface area contributed by atoms with Crippen molar-refractivity contribution in [3.8, 4) is 0 Å².